The Morgan fingerprint density at radius 3 is 2.56 bits per heavy atom. The van der Waals surface area contributed by atoms with Crippen molar-refractivity contribution in [1.29, 1.82) is 0 Å². The molecule has 0 saturated carbocycles. The summed E-state index contributed by atoms with van der Waals surface area (Å²) >= 11 is 4.18. The van der Waals surface area contributed by atoms with Crippen molar-refractivity contribution in [3.05, 3.63) is 67.0 Å². The average Bonchev–Trinajstić information content (AvgIpc) is 3.11. The molecule has 1 saturated heterocycles. The van der Waals surface area contributed by atoms with Gasteiger partial charge in [0.05, 0.1) is 23.5 Å². The Morgan fingerprint density at radius 2 is 1.92 bits per heavy atom. The van der Waals surface area contributed by atoms with Crippen molar-refractivity contribution in [2.75, 3.05) is 20.3 Å². The number of nitrogens with zero attached hydrogens (tertiary/aromatic N) is 2. The predicted octanol–water partition coefficient (Wildman–Crippen LogP) is 5.32. The molecule has 2 amide bonds. The van der Waals surface area contributed by atoms with Crippen molar-refractivity contribution in [2.24, 2.45) is 0 Å². The Hall–Kier alpha value is -3.38. The lowest BCUT2D eigenvalue weighted by atomic mass is 10.1. The second-order valence-electron chi connectivity index (χ2n) is 7.58. The van der Waals surface area contributed by atoms with Gasteiger partial charge in [-0.05, 0) is 59.7 Å². The first-order chi connectivity index (χ1) is 17.2. The second-order valence-corrected chi connectivity index (χ2v) is 9.43. The summed E-state index contributed by atoms with van der Waals surface area (Å²) in [7, 11) is 1.46. The van der Waals surface area contributed by atoms with Crippen molar-refractivity contribution < 1.29 is 33.5 Å². The summed E-state index contributed by atoms with van der Waals surface area (Å²) in [6.07, 6.45) is 3.09. The average molecular weight is 579 g/mol. The van der Waals surface area contributed by atoms with E-state index in [0.717, 1.165) is 28.6 Å². The molecule has 2 aromatic rings. The Morgan fingerprint density at radius 1 is 1.19 bits per heavy atom. The standard InChI is InChI=1S/C24H23BrN2O8S/c1-3-4-9-34-22(28)13-26-23(29)21(36-24(26)30)11-16-10-19(33-2)20(12-18(16)25)35-14-15-5-7-17(8-6-15)27(31)32/h5-8,10-12H,3-4,9,13-14H2,1-2H3/b21-11+. The Kier molecular flexibility index (Phi) is 9.48. The van der Waals surface area contributed by atoms with Crippen LogP contribution in [0.4, 0.5) is 10.5 Å². The fraction of sp³-hybridized carbons (Fsp3) is 0.292. The number of ether oxygens (including phenoxy) is 3. The van der Waals surface area contributed by atoms with Gasteiger partial charge in [0.15, 0.2) is 11.5 Å². The molecule has 0 aromatic heterocycles. The van der Waals surface area contributed by atoms with Crippen LogP contribution in [-0.4, -0.2) is 47.2 Å². The minimum absolute atomic E-state index is 0.0128. The van der Waals surface area contributed by atoms with E-state index in [2.05, 4.69) is 15.9 Å². The van der Waals surface area contributed by atoms with E-state index in [1.54, 1.807) is 24.3 Å². The van der Waals surface area contributed by atoms with E-state index >= 15 is 0 Å². The molecule has 1 aliphatic rings. The lowest BCUT2D eigenvalue weighted by Gasteiger charge is -2.13. The molecule has 1 heterocycles. The van der Waals surface area contributed by atoms with E-state index in [0.29, 0.717) is 28.0 Å². The van der Waals surface area contributed by atoms with Gasteiger partial charge >= 0.3 is 5.97 Å². The summed E-state index contributed by atoms with van der Waals surface area (Å²) in [6.45, 7) is 1.91. The molecule has 10 nitrogen and oxygen atoms in total. The lowest BCUT2D eigenvalue weighted by Crippen LogP contribution is -2.34. The first-order valence-corrected chi connectivity index (χ1v) is 12.5. The van der Waals surface area contributed by atoms with E-state index in [1.807, 2.05) is 6.92 Å². The van der Waals surface area contributed by atoms with Crippen LogP contribution in [0.2, 0.25) is 0 Å². The highest BCUT2D eigenvalue weighted by atomic mass is 79.9. The molecule has 1 aliphatic heterocycles. The van der Waals surface area contributed by atoms with Crippen molar-refractivity contribution in [2.45, 2.75) is 26.4 Å². The summed E-state index contributed by atoms with van der Waals surface area (Å²) in [5, 5.41) is 10.3. The fourth-order valence-corrected chi connectivity index (χ4v) is 4.36. The Bertz CT molecular complexity index is 1200. The molecule has 0 radical (unpaired) electrons. The number of methoxy groups -OCH3 is 1. The number of amides is 2. The molecular formula is C24H23BrN2O8S. The third kappa shape index (κ3) is 6.85. The number of carbonyl (C=O) groups excluding carboxylic acids is 3. The molecule has 12 heteroatoms. The van der Waals surface area contributed by atoms with Gasteiger partial charge in [-0.1, -0.05) is 29.3 Å². The van der Waals surface area contributed by atoms with Crippen LogP contribution in [0.5, 0.6) is 11.5 Å². The number of nitro groups is 1. The first kappa shape index (κ1) is 27.2. The highest BCUT2D eigenvalue weighted by molar-refractivity contribution is 9.10. The lowest BCUT2D eigenvalue weighted by molar-refractivity contribution is -0.384. The van der Waals surface area contributed by atoms with Crippen LogP contribution in [0.25, 0.3) is 6.08 Å². The largest absolute Gasteiger partial charge is 0.493 e. The van der Waals surface area contributed by atoms with Gasteiger partial charge in [0.25, 0.3) is 16.8 Å². The van der Waals surface area contributed by atoms with Crippen LogP contribution in [0.15, 0.2) is 45.8 Å². The Labute approximate surface area is 219 Å². The molecule has 36 heavy (non-hydrogen) atoms. The first-order valence-electron chi connectivity index (χ1n) is 10.9. The molecule has 3 rings (SSSR count). The molecule has 2 aromatic carbocycles. The zero-order valence-electron chi connectivity index (χ0n) is 19.5. The van der Waals surface area contributed by atoms with Gasteiger partial charge in [-0.3, -0.25) is 29.4 Å². The molecule has 0 atom stereocenters. The van der Waals surface area contributed by atoms with E-state index in [9.17, 15) is 24.5 Å². The van der Waals surface area contributed by atoms with Crippen LogP contribution >= 0.6 is 27.7 Å². The number of thioether (sulfide) groups is 1. The fourth-order valence-electron chi connectivity index (χ4n) is 3.09. The van der Waals surface area contributed by atoms with E-state index in [4.69, 9.17) is 14.2 Å². The number of hydrogen-bond donors (Lipinski definition) is 0. The number of rotatable bonds is 11. The van der Waals surface area contributed by atoms with Crippen molar-refractivity contribution >= 4 is 56.6 Å². The molecule has 0 unspecified atom stereocenters. The van der Waals surface area contributed by atoms with Crippen LogP contribution in [0.3, 0.4) is 0 Å². The second kappa shape index (κ2) is 12.5. The number of esters is 1. The quantitative estimate of drug-likeness (QED) is 0.114. The van der Waals surface area contributed by atoms with E-state index in [-0.39, 0.29) is 23.8 Å². The number of non-ortho nitro benzene ring substituents is 1. The smallest absolute Gasteiger partial charge is 0.326 e. The molecule has 0 N–H and O–H groups in total. The summed E-state index contributed by atoms with van der Waals surface area (Å²) in [5.74, 6) is -0.431. The maximum absolute atomic E-state index is 12.7. The van der Waals surface area contributed by atoms with Gasteiger partial charge < -0.3 is 14.2 Å². The SMILES string of the molecule is CCCCOC(=O)CN1C(=O)S/C(=C/c2cc(OC)c(OCc3ccc([N+](=O)[O-])cc3)cc2Br)C1=O. The maximum Gasteiger partial charge on any atom is 0.326 e. The zero-order chi connectivity index (χ0) is 26.2. The third-order valence-electron chi connectivity index (χ3n) is 5.03. The number of nitro benzene ring substituents is 1. The molecule has 1 fully saturated rings. The van der Waals surface area contributed by atoms with Crippen molar-refractivity contribution in [3.8, 4) is 11.5 Å². The topological polar surface area (TPSA) is 125 Å². The van der Waals surface area contributed by atoms with Gasteiger partial charge in [0.2, 0.25) is 0 Å². The van der Waals surface area contributed by atoms with Crippen molar-refractivity contribution in [3.63, 3.8) is 0 Å². The highest BCUT2D eigenvalue weighted by Crippen LogP contribution is 2.38. The van der Waals surface area contributed by atoms with Crippen molar-refractivity contribution in [1.82, 2.24) is 4.90 Å². The number of halogens is 1. The summed E-state index contributed by atoms with van der Waals surface area (Å²) < 4.78 is 16.9. The summed E-state index contributed by atoms with van der Waals surface area (Å²) in [4.78, 5) is 48.3. The van der Waals surface area contributed by atoms with Gasteiger partial charge in [0.1, 0.15) is 13.2 Å². The summed E-state index contributed by atoms with van der Waals surface area (Å²) in [6, 6.07) is 9.29. The van der Waals surface area contributed by atoms with Crippen LogP contribution in [-0.2, 0) is 20.9 Å². The van der Waals surface area contributed by atoms with Crippen LogP contribution in [0.1, 0.15) is 30.9 Å². The number of unbranched alkanes of at least 4 members (excludes halogenated alkanes) is 1. The molecule has 0 aliphatic carbocycles. The number of carbonyl (C=O) groups is 3. The minimum atomic E-state index is -0.635. The van der Waals surface area contributed by atoms with Gasteiger partial charge in [-0.15, -0.1) is 0 Å². The maximum atomic E-state index is 12.7. The van der Waals surface area contributed by atoms with Crippen LogP contribution < -0.4 is 9.47 Å². The summed E-state index contributed by atoms with van der Waals surface area (Å²) in [5.41, 5.74) is 1.27. The van der Waals surface area contributed by atoms with Gasteiger partial charge in [-0.25, -0.2) is 0 Å². The Balaban J connectivity index is 1.72. The van der Waals surface area contributed by atoms with E-state index < -0.39 is 28.6 Å². The van der Waals surface area contributed by atoms with Gasteiger partial charge in [0, 0.05) is 16.6 Å². The number of benzene rings is 2. The minimum Gasteiger partial charge on any atom is -0.493 e. The number of imide groups is 1. The zero-order valence-corrected chi connectivity index (χ0v) is 21.9. The third-order valence-corrected chi connectivity index (χ3v) is 6.63. The molecule has 190 valence electrons. The van der Waals surface area contributed by atoms with Gasteiger partial charge in [-0.2, -0.15) is 0 Å². The normalized spacial score (nSPS) is 14.3. The van der Waals surface area contributed by atoms with E-state index in [1.165, 1.54) is 25.3 Å². The highest BCUT2D eigenvalue weighted by Gasteiger charge is 2.36. The molecular weight excluding hydrogens is 556 g/mol. The molecule has 0 spiro atoms. The number of hydrogen-bond acceptors (Lipinski definition) is 9. The van der Waals surface area contributed by atoms with Crippen LogP contribution in [0, 0.1) is 10.1 Å². The molecule has 0 bridgehead atoms. The predicted molar refractivity (Wildman–Crippen MR) is 137 cm³/mol. The monoisotopic (exact) mass is 578 g/mol.